The smallest absolute Gasteiger partial charge is 0.223 e. The Morgan fingerprint density at radius 2 is 2.21 bits per heavy atom. The lowest BCUT2D eigenvalue weighted by Crippen LogP contribution is -1.86. The third-order valence-electron chi connectivity index (χ3n) is 2.01. The number of rotatable bonds is 1. The lowest BCUT2D eigenvalue weighted by atomic mass is 10.2. The van der Waals surface area contributed by atoms with E-state index in [1.165, 1.54) is 0 Å². The molecule has 2 rings (SSSR count). The van der Waals surface area contributed by atoms with Crippen molar-refractivity contribution in [1.82, 2.24) is 0 Å². The molecule has 3 nitrogen and oxygen atoms in total. The largest absolute Gasteiger partial charge is 0.445 e. The number of hydrogen-bond acceptors (Lipinski definition) is 2. The Hall–Kier alpha value is -0.840. The predicted molar refractivity (Wildman–Crippen MR) is 55.0 cm³/mol. The molecule has 1 unspecified atom stereocenters. The summed E-state index contributed by atoms with van der Waals surface area (Å²) in [4.78, 5) is 0. The van der Waals surface area contributed by atoms with E-state index in [0.717, 1.165) is 5.39 Å². The maximum atomic E-state index is 10.9. The number of halogens is 1. The molecule has 0 aliphatic carbocycles. The fraction of sp³-hybridized carbons (Fsp3) is 0.111. The maximum Gasteiger partial charge on any atom is 0.223 e. The summed E-state index contributed by atoms with van der Waals surface area (Å²) >= 11 is 3.71. The summed E-state index contributed by atoms with van der Waals surface area (Å²) in [5, 5.41) is 1.44. The summed E-state index contributed by atoms with van der Waals surface area (Å²) in [6.45, 7) is 1.73. The van der Waals surface area contributed by atoms with Gasteiger partial charge in [0.05, 0.1) is 0 Å². The summed E-state index contributed by atoms with van der Waals surface area (Å²) in [5.74, 6) is 0. The minimum atomic E-state index is -2.09. The second-order valence-electron chi connectivity index (χ2n) is 2.90. The highest BCUT2D eigenvalue weighted by atomic mass is 35.5. The van der Waals surface area contributed by atoms with Crippen molar-refractivity contribution in [2.45, 2.75) is 12.0 Å². The van der Waals surface area contributed by atoms with Gasteiger partial charge in [-0.25, -0.2) is 4.21 Å². The first-order valence-corrected chi connectivity index (χ1v) is 5.37. The molecule has 0 saturated heterocycles. The Kier molecular flexibility index (Phi) is 2.34. The summed E-state index contributed by atoms with van der Waals surface area (Å²) in [6, 6.07) is 5.07. The van der Waals surface area contributed by atoms with Gasteiger partial charge in [-0.3, -0.25) is 4.55 Å². The van der Waals surface area contributed by atoms with Crippen molar-refractivity contribution in [3.05, 3.63) is 28.8 Å². The van der Waals surface area contributed by atoms with E-state index in [9.17, 15) is 4.21 Å². The maximum absolute atomic E-state index is 10.9. The van der Waals surface area contributed by atoms with Gasteiger partial charge in [0.15, 0.2) is 0 Å². The van der Waals surface area contributed by atoms with Crippen LogP contribution in [0.25, 0.3) is 11.0 Å². The van der Waals surface area contributed by atoms with E-state index in [2.05, 4.69) is 0 Å². The summed E-state index contributed by atoms with van der Waals surface area (Å²) in [7, 11) is 0. The van der Waals surface area contributed by atoms with Gasteiger partial charge in [-0.05, 0) is 25.1 Å². The fourth-order valence-corrected chi connectivity index (χ4v) is 2.04. The molecule has 0 radical (unpaired) electrons. The molecule has 0 aliphatic rings. The zero-order chi connectivity index (χ0) is 10.3. The van der Waals surface area contributed by atoms with Crippen molar-refractivity contribution in [3.8, 4) is 0 Å². The van der Waals surface area contributed by atoms with E-state index in [1.807, 2.05) is 0 Å². The predicted octanol–water partition coefficient (Wildman–Crippen LogP) is 2.98. The summed E-state index contributed by atoms with van der Waals surface area (Å²) in [6.07, 6.45) is 0. The second kappa shape index (κ2) is 3.38. The van der Waals surface area contributed by atoms with Crippen LogP contribution in [0.15, 0.2) is 27.7 Å². The van der Waals surface area contributed by atoms with Crippen LogP contribution in [0.5, 0.6) is 0 Å². The monoisotopic (exact) mass is 230 g/mol. The van der Waals surface area contributed by atoms with Crippen LogP contribution in [0, 0.1) is 6.92 Å². The van der Waals surface area contributed by atoms with Crippen LogP contribution in [0.4, 0.5) is 0 Å². The van der Waals surface area contributed by atoms with E-state index in [0.29, 0.717) is 16.2 Å². The molecule has 14 heavy (non-hydrogen) atoms. The van der Waals surface area contributed by atoms with Gasteiger partial charge in [0, 0.05) is 16.0 Å². The Morgan fingerprint density at radius 3 is 2.86 bits per heavy atom. The van der Waals surface area contributed by atoms with Crippen molar-refractivity contribution >= 4 is 33.7 Å². The molecule has 1 N–H and O–H groups in total. The molecule has 0 fully saturated rings. The molecule has 1 aromatic heterocycles. The average molecular weight is 231 g/mol. The Morgan fingerprint density at radius 1 is 1.50 bits per heavy atom. The molecule has 0 amide bonds. The van der Waals surface area contributed by atoms with Gasteiger partial charge in [-0.15, -0.1) is 0 Å². The van der Waals surface area contributed by atoms with Gasteiger partial charge in [0.2, 0.25) is 16.2 Å². The molecule has 2 aromatic rings. The molecular weight excluding hydrogens is 224 g/mol. The van der Waals surface area contributed by atoms with Crippen LogP contribution >= 0.6 is 11.6 Å². The minimum Gasteiger partial charge on any atom is -0.445 e. The van der Waals surface area contributed by atoms with E-state index >= 15 is 0 Å². The fourth-order valence-electron chi connectivity index (χ4n) is 1.34. The Labute approximate surface area is 88.0 Å². The van der Waals surface area contributed by atoms with Crippen LogP contribution in [-0.2, 0) is 11.1 Å². The molecule has 1 aromatic carbocycles. The zero-order valence-corrected chi connectivity index (χ0v) is 8.85. The SMILES string of the molecule is Cc1c(S(=O)O)oc2ccc(Cl)cc12. The van der Waals surface area contributed by atoms with Gasteiger partial charge in [-0.1, -0.05) is 11.6 Å². The summed E-state index contributed by atoms with van der Waals surface area (Å²) < 4.78 is 25.0. The van der Waals surface area contributed by atoms with Crippen molar-refractivity contribution in [1.29, 1.82) is 0 Å². The molecule has 0 bridgehead atoms. The number of hydrogen-bond donors (Lipinski definition) is 1. The lowest BCUT2D eigenvalue weighted by molar-refractivity contribution is 0.465. The Balaban J connectivity index is 2.80. The number of furan rings is 1. The van der Waals surface area contributed by atoms with Crippen LogP contribution in [-0.4, -0.2) is 8.76 Å². The van der Waals surface area contributed by atoms with Gasteiger partial charge in [-0.2, -0.15) is 0 Å². The molecule has 0 spiro atoms. The number of fused-ring (bicyclic) bond motifs is 1. The van der Waals surface area contributed by atoms with Crippen LogP contribution in [0.2, 0.25) is 5.02 Å². The van der Waals surface area contributed by atoms with Gasteiger partial charge in [0.1, 0.15) is 5.58 Å². The van der Waals surface area contributed by atoms with E-state index < -0.39 is 11.1 Å². The highest BCUT2D eigenvalue weighted by Crippen LogP contribution is 2.29. The van der Waals surface area contributed by atoms with Crippen LogP contribution in [0.1, 0.15) is 5.56 Å². The third kappa shape index (κ3) is 1.45. The van der Waals surface area contributed by atoms with Crippen LogP contribution < -0.4 is 0 Å². The molecule has 74 valence electrons. The van der Waals surface area contributed by atoms with Crippen molar-refractivity contribution in [2.75, 3.05) is 0 Å². The standard InChI is InChI=1S/C9H7ClO3S/c1-5-7-4-6(10)2-3-8(7)13-9(5)14(11)12/h2-4H,1H3,(H,11,12). The summed E-state index contributed by atoms with van der Waals surface area (Å²) in [5.41, 5.74) is 1.23. The van der Waals surface area contributed by atoms with E-state index in [-0.39, 0.29) is 5.09 Å². The number of aryl methyl sites for hydroxylation is 1. The third-order valence-corrected chi connectivity index (χ3v) is 2.95. The highest BCUT2D eigenvalue weighted by Gasteiger charge is 2.14. The zero-order valence-electron chi connectivity index (χ0n) is 7.28. The lowest BCUT2D eigenvalue weighted by Gasteiger charge is -1.90. The average Bonchev–Trinajstić information content (AvgIpc) is 2.44. The second-order valence-corrected chi connectivity index (χ2v) is 4.21. The van der Waals surface area contributed by atoms with E-state index in [4.69, 9.17) is 20.6 Å². The minimum absolute atomic E-state index is 0.0854. The first-order chi connectivity index (χ1) is 6.59. The van der Waals surface area contributed by atoms with Crippen molar-refractivity contribution in [2.24, 2.45) is 0 Å². The molecule has 0 aliphatic heterocycles. The van der Waals surface area contributed by atoms with Crippen LogP contribution in [0.3, 0.4) is 0 Å². The highest BCUT2D eigenvalue weighted by molar-refractivity contribution is 7.79. The topological polar surface area (TPSA) is 50.4 Å². The molecular formula is C9H7ClO3S. The van der Waals surface area contributed by atoms with Crippen molar-refractivity contribution in [3.63, 3.8) is 0 Å². The van der Waals surface area contributed by atoms with E-state index in [1.54, 1.807) is 25.1 Å². The molecule has 5 heteroatoms. The van der Waals surface area contributed by atoms with Gasteiger partial charge >= 0.3 is 0 Å². The first kappa shape index (κ1) is 9.71. The quantitative estimate of drug-likeness (QED) is 0.767. The molecule has 1 heterocycles. The molecule has 0 saturated carbocycles. The van der Waals surface area contributed by atoms with Gasteiger partial charge in [0.25, 0.3) is 0 Å². The molecule has 1 atom stereocenters. The normalized spacial score (nSPS) is 13.4. The van der Waals surface area contributed by atoms with Gasteiger partial charge < -0.3 is 4.42 Å². The Bertz CT molecular complexity index is 518. The first-order valence-electron chi connectivity index (χ1n) is 3.89. The number of benzene rings is 1. The van der Waals surface area contributed by atoms with Crippen molar-refractivity contribution < 1.29 is 13.2 Å².